The largest absolute Gasteiger partial charge is 0.493 e. The van der Waals surface area contributed by atoms with E-state index in [0.717, 1.165) is 11.1 Å². The van der Waals surface area contributed by atoms with E-state index in [1.807, 2.05) is 32.0 Å². The van der Waals surface area contributed by atoms with Crippen molar-refractivity contribution < 1.29 is 22.1 Å². The summed E-state index contributed by atoms with van der Waals surface area (Å²) in [5.41, 5.74) is 3.24. The van der Waals surface area contributed by atoms with E-state index in [9.17, 15) is 18.5 Å². The number of hydrogen-bond donors (Lipinski definition) is 1. The van der Waals surface area contributed by atoms with Crippen molar-refractivity contribution in [1.82, 2.24) is 0 Å². The minimum absolute atomic E-state index is 0.0205. The summed E-state index contributed by atoms with van der Waals surface area (Å²) in [4.78, 5) is 12.8. The second kappa shape index (κ2) is 11.8. The molecule has 0 aliphatic carbocycles. The van der Waals surface area contributed by atoms with Crippen LogP contribution in [0.3, 0.4) is 0 Å². The van der Waals surface area contributed by atoms with Crippen LogP contribution in [0.5, 0.6) is 11.5 Å². The van der Waals surface area contributed by atoms with Crippen molar-refractivity contribution in [2.75, 3.05) is 12.4 Å². The van der Waals surface area contributed by atoms with E-state index in [1.165, 1.54) is 43.5 Å². The molecular formula is C28H25ClN2O5S. The predicted octanol–water partition coefficient (Wildman–Crippen LogP) is 6.01. The average molecular weight is 537 g/mol. The van der Waals surface area contributed by atoms with Gasteiger partial charge in [-0.15, -0.1) is 6.58 Å². The first-order valence-corrected chi connectivity index (χ1v) is 12.9. The Morgan fingerprint density at radius 1 is 1.16 bits per heavy atom. The number of anilines is 1. The molecule has 3 rings (SSSR count). The zero-order chi connectivity index (χ0) is 27.2. The highest BCUT2D eigenvalue weighted by molar-refractivity contribution is 7.87. The molecule has 7 nitrogen and oxygen atoms in total. The van der Waals surface area contributed by atoms with Crippen molar-refractivity contribution in [3.63, 3.8) is 0 Å². The molecule has 0 fully saturated rings. The Kier molecular flexibility index (Phi) is 8.77. The lowest BCUT2D eigenvalue weighted by atomic mass is 10.0. The van der Waals surface area contributed by atoms with Gasteiger partial charge in [0.05, 0.1) is 7.11 Å². The van der Waals surface area contributed by atoms with Crippen LogP contribution >= 0.6 is 11.6 Å². The van der Waals surface area contributed by atoms with E-state index in [2.05, 4.69) is 11.9 Å². The summed E-state index contributed by atoms with van der Waals surface area (Å²) in [5, 5.41) is 12.8. The van der Waals surface area contributed by atoms with Crippen molar-refractivity contribution >= 4 is 39.4 Å². The van der Waals surface area contributed by atoms with Crippen molar-refractivity contribution in [1.29, 1.82) is 5.26 Å². The Bertz CT molecular complexity index is 1520. The summed E-state index contributed by atoms with van der Waals surface area (Å²) in [6.07, 6.45) is 3.20. The fourth-order valence-electron chi connectivity index (χ4n) is 3.47. The number of amides is 1. The van der Waals surface area contributed by atoms with Gasteiger partial charge in [-0.25, -0.2) is 0 Å². The van der Waals surface area contributed by atoms with Crippen molar-refractivity contribution in [3.05, 3.63) is 100 Å². The molecule has 0 aliphatic heterocycles. The molecule has 0 spiro atoms. The average Bonchev–Trinajstić information content (AvgIpc) is 2.86. The number of rotatable bonds is 9. The highest BCUT2D eigenvalue weighted by Gasteiger charge is 2.23. The molecule has 190 valence electrons. The molecule has 37 heavy (non-hydrogen) atoms. The Morgan fingerprint density at radius 3 is 2.49 bits per heavy atom. The van der Waals surface area contributed by atoms with Gasteiger partial charge >= 0.3 is 10.1 Å². The summed E-state index contributed by atoms with van der Waals surface area (Å²) in [5.74, 6) is -0.491. The van der Waals surface area contributed by atoms with E-state index in [4.69, 9.17) is 20.5 Å². The Hall–Kier alpha value is -4.06. The van der Waals surface area contributed by atoms with Gasteiger partial charge in [-0.05, 0) is 85.5 Å². The third-order valence-electron chi connectivity index (χ3n) is 5.56. The fraction of sp³-hybridized carbons (Fsp3) is 0.143. The molecule has 0 aliphatic rings. The van der Waals surface area contributed by atoms with Crippen molar-refractivity contribution in [2.45, 2.75) is 25.2 Å². The number of aryl methyl sites for hydroxylation is 1. The summed E-state index contributed by atoms with van der Waals surface area (Å²) in [7, 11) is -2.84. The smallest absolute Gasteiger partial charge is 0.339 e. The van der Waals surface area contributed by atoms with E-state index in [0.29, 0.717) is 21.8 Å². The second-order valence-corrected chi connectivity index (χ2v) is 10.0. The van der Waals surface area contributed by atoms with Crippen molar-refractivity contribution in [2.24, 2.45) is 0 Å². The summed E-state index contributed by atoms with van der Waals surface area (Å²) in [6.45, 7) is 7.53. The molecule has 3 aromatic rings. The van der Waals surface area contributed by atoms with Gasteiger partial charge < -0.3 is 14.2 Å². The number of nitriles is 1. The van der Waals surface area contributed by atoms with E-state index >= 15 is 0 Å². The third kappa shape index (κ3) is 6.58. The van der Waals surface area contributed by atoms with Gasteiger partial charge in [0, 0.05) is 16.3 Å². The van der Waals surface area contributed by atoms with Gasteiger partial charge in [-0.3, -0.25) is 4.79 Å². The summed E-state index contributed by atoms with van der Waals surface area (Å²) in [6, 6.07) is 16.1. The van der Waals surface area contributed by atoms with Crippen molar-refractivity contribution in [3.8, 4) is 17.6 Å². The van der Waals surface area contributed by atoms with Gasteiger partial charge in [-0.1, -0.05) is 29.8 Å². The Labute approximate surface area is 221 Å². The first-order valence-electron chi connectivity index (χ1n) is 11.1. The maximum Gasteiger partial charge on any atom is 0.339 e. The molecule has 3 aromatic carbocycles. The number of nitrogens with zero attached hydrogens (tertiary/aromatic N) is 1. The SMILES string of the molecule is C=CCc1cc(/C=C(\C#N)C(=O)Nc2cccc(C)c2C)cc(OC)c1OS(=O)(=O)c1ccc(Cl)cc1. The highest BCUT2D eigenvalue weighted by atomic mass is 35.5. The molecule has 1 amide bonds. The van der Waals surface area contributed by atoms with Crippen LogP contribution in [0.25, 0.3) is 6.08 Å². The third-order valence-corrected chi connectivity index (χ3v) is 7.05. The van der Waals surface area contributed by atoms with Crippen LogP contribution in [0.1, 0.15) is 22.3 Å². The zero-order valence-corrected chi connectivity index (χ0v) is 22.1. The van der Waals surface area contributed by atoms with Crippen LogP contribution in [0, 0.1) is 25.2 Å². The minimum atomic E-state index is -4.20. The molecule has 0 aromatic heterocycles. The summed E-state index contributed by atoms with van der Waals surface area (Å²) >= 11 is 5.87. The molecule has 0 radical (unpaired) electrons. The normalized spacial score (nSPS) is 11.4. The number of halogens is 1. The molecular weight excluding hydrogens is 512 g/mol. The van der Waals surface area contributed by atoms with Crippen LogP contribution in [0.15, 0.2) is 77.7 Å². The van der Waals surface area contributed by atoms with Gasteiger partial charge in [0.1, 0.15) is 16.5 Å². The molecule has 0 bridgehead atoms. The Morgan fingerprint density at radius 2 is 1.86 bits per heavy atom. The van der Waals surface area contributed by atoms with Gasteiger partial charge in [0.25, 0.3) is 5.91 Å². The number of benzene rings is 3. The Balaban J connectivity index is 2.00. The number of hydrogen-bond acceptors (Lipinski definition) is 6. The van der Waals surface area contributed by atoms with Gasteiger partial charge in [0.2, 0.25) is 0 Å². The topological polar surface area (TPSA) is 105 Å². The van der Waals surface area contributed by atoms with Crippen LogP contribution < -0.4 is 14.2 Å². The van der Waals surface area contributed by atoms with E-state index in [1.54, 1.807) is 18.2 Å². The van der Waals surface area contributed by atoms with Crippen LogP contribution in [-0.2, 0) is 21.3 Å². The molecule has 9 heteroatoms. The maximum absolute atomic E-state index is 12.9. The molecule has 0 unspecified atom stereocenters. The van der Waals surface area contributed by atoms with E-state index in [-0.39, 0.29) is 28.4 Å². The van der Waals surface area contributed by atoms with Crippen LogP contribution in [0.4, 0.5) is 5.69 Å². The number of ether oxygens (including phenoxy) is 1. The molecule has 0 heterocycles. The second-order valence-electron chi connectivity index (χ2n) is 8.07. The van der Waals surface area contributed by atoms with Gasteiger partial charge in [-0.2, -0.15) is 13.7 Å². The highest BCUT2D eigenvalue weighted by Crippen LogP contribution is 2.36. The number of nitrogens with one attached hydrogen (secondary N) is 1. The standard InChI is InChI=1S/C28H25ClN2O5S/c1-5-7-21-14-20(15-22(17-30)28(32)31-25-9-6-8-18(2)19(25)3)16-26(35-4)27(21)36-37(33,34)24-12-10-23(29)11-13-24/h5-6,8-16H,1,7H2,2-4H3,(H,31,32)/b22-15+. The first kappa shape index (κ1) is 27.5. The lowest BCUT2D eigenvalue weighted by Crippen LogP contribution is -2.14. The lowest BCUT2D eigenvalue weighted by Gasteiger charge is -2.16. The molecule has 0 saturated heterocycles. The number of methoxy groups -OCH3 is 1. The zero-order valence-electron chi connectivity index (χ0n) is 20.5. The molecule has 1 N–H and O–H groups in total. The minimum Gasteiger partial charge on any atom is -0.493 e. The molecule has 0 atom stereocenters. The fourth-order valence-corrected chi connectivity index (χ4v) is 4.57. The number of carbonyl (C=O) groups is 1. The first-order chi connectivity index (χ1) is 17.6. The monoisotopic (exact) mass is 536 g/mol. The lowest BCUT2D eigenvalue weighted by molar-refractivity contribution is -0.112. The summed E-state index contributed by atoms with van der Waals surface area (Å²) < 4.78 is 36.7. The molecule has 0 saturated carbocycles. The van der Waals surface area contributed by atoms with Gasteiger partial charge in [0.15, 0.2) is 11.5 Å². The van der Waals surface area contributed by atoms with E-state index < -0.39 is 16.0 Å². The number of allylic oxidation sites excluding steroid dienone is 1. The quantitative estimate of drug-likeness (QED) is 0.155. The predicted molar refractivity (Wildman–Crippen MR) is 144 cm³/mol. The number of carbonyl (C=O) groups excluding carboxylic acids is 1. The van der Waals surface area contributed by atoms with Crippen LogP contribution in [-0.4, -0.2) is 21.4 Å². The van der Waals surface area contributed by atoms with Crippen LogP contribution in [0.2, 0.25) is 5.02 Å². The maximum atomic E-state index is 12.9.